The van der Waals surface area contributed by atoms with E-state index in [0.29, 0.717) is 17.1 Å². The Morgan fingerprint density at radius 3 is 2.26 bits per heavy atom. The van der Waals surface area contributed by atoms with E-state index in [9.17, 15) is 18.3 Å². The summed E-state index contributed by atoms with van der Waals surface area (Å²) >= 11 is 0. The Kier molecular flexibility index (Phi) is 4.83. The number of sulfone groups is 1. The minimum atomic E-state index is -4.03. The first-order valence-electron chi connectivity index (χ1n) is 11.1. The fourth-order valence-electron chi connectivity index (χ4n) is 4.92. The molecule has 0 atom stereocenters. The highest BCUT2D eigenvalue weighted by molar-refractivity contribution is 7.92. The third kappa shape index (κ3) is 3.82. The Balaban J connectivity index is 1.41. The molecule has 31 heavy (non-hydrogen) atoms. The van der Waals surface area contributed by atoms with Gasteiger partial charge in [-0.25, -0.2) is 8.42 Å². The number of carbonyl (C=O) groups is 1. The van der Waals surface area contributed by atoms with Crippen molar-refractivity contribution >= 4 is 15.8 Å². The first-order valence-corrected chi connectivity index (χ1v) is 12.8. The molecule has 1 aromatic carbocycles. The molecule has 1 fully saturated rings. The Morgan fingerprint density at radius 2 is 1.71 bits per heavy atom. The molecule has 0 amide bonds. The van der Waals surface area contributed by atoms with E-state index < -0.39 is 27.2 Å². The van der Waals surface area contributed by atoms with Crippen LogP contribution in [0.25, 0.3) is 0 Å². The highest BCUT2D eigenvalue weighted by Gasteiger charge is 2.38. The fraction of sp³-hybridized carbons (Fsp3) is 0.542. The van der Waals surface area contributed by atoms with E-state index >= 15 is 0 Å². The van der Waals surface area contributed by atoms with Crippen LogP contribution in [0.15, 0.2) is 21.6 Å². The molecule has 3 aliphatic carbocycles. The molecule has 1 aromatic heterocycles. The molecule has 2 aromatic rings. The van der Waals surface area contributed by atoms with Gasteiger partial charge in [-0.2, -0.15) is 0 Å². The van der Waals surface area contributed by atoms with Gasteiger partial charge in [-0.05, 0) is 87.5 Å². The van der Waals surface area contributed by atoms with E-state index in [1.165, 1.54) is 17.2 Å². The number of furan rings is 1. The van der Waals surface area contributed by atoms with Crippen molar-refractivity contribution < 1.29 is 27.5 Å². The third-order valence-electron chi connectivity index (χ3n) is 6.59. The summed E-state index contributed by atoms with van der Waals surface area (Å²) in [5.41, 5.74) is 3.82. The van der Waals surface area contributed by atoms with Gasteiger partial charge in [-0.15, -0.1) is 0 Å². The van der Waals surface area contributed by atoms with Gasteiger partial charge in [0.1, 0.15) is 11.5 Å². The zero-order valence-corrected chi connectivity index (χ0v) is 18.8. The van der Waals surface area contributed by atoms with Crippen LogP contribution in [0.1, 0.15) is 79.0 Å². The number of aryl methyl sites for hydroxylation is 2. The molecular formula is C24H28O6S. The maximum atomic E-state index is 13.0. The van der Waals surface area contributed by atoms with E-state index in [2.05, 4.69) is 6.07 Å². The summed E-state index contributed by atoms with van der Waals surface area (Å²) in [6.45, 7) is 3.20. The first-order chi connectivity index (χ1) is 14.6. The lowest BCUT2D eigenvalue weighted by Gasteiger charge is -2.16. The van der Waals surface area contributed by atoms with E-state index in [1.807, 2.05) is 0 Å². The smallest absolute Gasteiger partial charge is 0.327 e. The van der Waals surface area contributed by atoms with Crippen LogP contribution in [0.4, 0.5) is 0 Å². The summed E-state index contributed by atoms with van der Waals surface area (Å²) in [7, 11) is -4.03. The first kappa shape index (κ1) is 20.8. The third-order valence-corrected chi connectivity index (χ3v) is 8.02. The van der Waals surface area contributed by atoms with Gasteiger partial charge in [-0.1, -0.05) is 6.07 Å². The van der Waals surface area contributed by atoms with E-state index in [0.717, 1.165) is 62.5 Å². The molecule has 6 nitrogen and oxygen atoms in total. The molecule has 1 N–H and O–H groups in total. The fourth-order valence-corrected chi connectivity index (χ4v) is 5.94. The van der Waals surface area contributed by atoms with Crippen molar-refractivity contribution in [3.63, 3.8) is 0 Å². The molecule has 1 saturated carbocycles. The lowest BCUT2D eigenvalue weighted by Crippen LogP contribution is -2.22. The molecule has 166 valence electrons. The van der Waals surface area contributed by atoms with Crippen LogP contribution < -0.4 is 4.74 Å². The minimum Gasteiger partial charge on any atom is -0.449 e. The lowest BCUT2D eigenvalue weighted by molar-refractivity contribution is -0.131. The summed E-state index contributed by atoms with van der Waals surface area (Å²) in [6, 6.07) is 3.60. The van der Waals surface area contributed by atoms with Crippen LogP contribution in [0, 0.1) is 0 Å². The molecule has 3 aliphatic rings. The molecule has 7 heteroatoms. The molecule has 0 bridgehead atoms. The summed E-state index contributed by atoms with van der Waals surface area (Å²) in [5.74, 6) is -0.333. The summed E-state index contributed by atoms with van der Waals surface area (Å²) in [6.07, 6.45) is 7.52. The number of fused-ring (bicyclic) bond motifs is 2. The Bertz CT molecular complexity index is 1130. The van der Waals surface area contributed by atoms with Gasteiger partial charge in [0.2, 0.25) is 14.9 Å². The predicted octanol–water partition coefficient (Wildman–Crippen LogP) is 3.74. The average Bonchev–Trinajstić information content (AvgIpc) is 3.10. The summed E-state index contributed by atoms with van der Waals surface area (Å²) < 4.78 is 37.3. The van der Waals surface area contributed by atoms with Gasteiger partial charge in [0.15, 0.2) is 5.75 Å². The number of carbonyl (C=O) groups excluding carboxylic acids is 1. The largest absolute Gasteiger partial charge is 0.449 e. The van der Waals surface area contributed by atoms with Crippen LogP contribution in [-0.4, -0.2) is 25.2 Å². The molecule has 0 unspecified atom stereocenters. The Hall–Kier alpha value is -2.12. The number of hydrogen-bond donors (Lipinski definition) is 1. The highest BCUT2D eigenvalue weighted by Crippen LogP contribution is 2.46. The molecular weight excluding hydrogens is 416 g/mol. The minimum absolute atomic E-state index is 0.131. The monoisotopic (exact) mass is 444 g/mol. The van der Waals surface area contributed by atoms with Gasteiger partial charge >= 0.3 is 5.97 Å². The number of aliphatic hydroxyl groups is 1. The number of hydrogen-bond acceptors (Lipinski definition) is 6. The topological polar surface area (TPSA) is 93.8 Å². The molecule has 5 rings (SSSR count). The maximum Gasteiger partial charge on any atom is 0.327 e. The Labute approximate surface area is 182 Å². The lowest BCUT2D eigenvalue weighted by atomic mass is 9.97. The van der Waals surface area contributed by atoms with Crippen molar-refractivity contribution in [2.75, 3.05) is 5.75 Å². The van der Waals surface area contributed by atoms with E-state index in [-0.39, 0.29) is 11.0 Å². The van der Waals surface area contributed by atoms with Gasteiger partial charge < -0.3 is 14.3 Å². The quantitative estimate of drug-likeness (QED) is 0.539. The van der Waals surface area contributed by atoms with Crippen molar-refractivity contribution in [1.29, 1.82) is 0 Å². The van der Waals surface area contributed by atoms with Crippen molar-refractivity contribution in [3.8, 4) is 5.75 Å². The normalized spacial score (nSPS) is 18.2. The second-order valence-corrected chi connectivity index (χ2v) is 11.5. The summed E-state index contributed by atoms with van der Waals surface area (Å²) in [5, 5.41) is 10.2. The molecule has 0 aliphatic heterocycles. The standard InChI is InChI=1S/C24H28O6S/c1-24(2,26)19-12-21(30-22(19)14-9-10-14)31(27,28)13-20(25)29-23-17-7-3-5-15(17)11-16-6-4-8-18(16)23/h11-12,14,26H,3-10,13H2,1-2H3. The molecule has 1 heterocycles. The van der Waals surface area contributed by atoms with Crippen molar-refractivity contribution in [1.82, 2.24) is 0 Å². The van der Waals surface area contributed by atoms with Crippen LogP contribution in [-0.2, 0) is 45.9 Å². The highest BCUT2D eigenvalue weighted by atomic mass is 32.2. The number of esters is 1. The number of ether oxygens (including phenoxy) is 1. The van der Waals surface area contributed by atoms with Crippen LogP contribution in [0.3, 0.4) is 0 Å². The van der Waals surface area contributed by atoms with Gasteiger partial charge in [-0.3, -0.25) is 4.79 Å². The van der Waals surface area contributed by atoms with Crippen LogP contribution in [0.5, 0.6) is 5.75 Å². The zero-order chi connectivity index (χ0) is 22.0. The second-order valence-electron chi connectivity index (χ2n) is 9.60. The van der Waals surface area contributed by atoms with Crippen LogP contribution >= 0.6 is 0 Å². The van der Waals surface area contributed by atoms with E-state index in [1.54, 1.807) is 13.8 Å². The second kappa shape index (κ2) is 7.20. The average molecular weight is 445 g/mol. The van der Waals surface area contributed by atoms with Gasteiger partial charge in [0.25, 0.3) is 0 Å². The number of benzene rings is 1. The molecule has 0 saturated heterocycles. The summed E-state index contributed by atoms with van der Waals surface area (Å²) in [4.78, 5) is 12.7. The maximum absolute atomic E-state index is 13.0. The van der Waals surface area contributed by atoms with Crippen LogP contribution in [0.2, 0.25) is 0 Å². The Morgan fingerprint density at radius 1 is 1.10 bits per heavy atom. The van der Waals surface area contributed by atoms with E-state index in [4.69, 9.17) is 9.15 Å². The predicted molar refractivity (Wildman–Crippen MR) is 114 cm³/mol. The zero-order valence-electron chi connectivity index (χ0n) is 18.0. The number of rotatable bonds is 6. The van der Waals surface area contributed by atoms with Gasteiger partial charge in [0.05, 0.1) is 5.60 Å². The van der Waals surface area contributed by atoms with Crippen molar-refractivity contribution in [2.24, 2.45) is 0 Å². The van der Waals surface area contributed by atoms with Gasteiger partial charge in [0, 0.05) is 17.5 Å². The SMILES string of the molecule is CC(C)(O)c1cc(S(=O)(=O)CC(=O)Oc2c3c(cc4c2CCC4)CCC3)oc1C1CC1. The molecule has 0 spiro atoms. The van der Waals surface area contributed by atoms with Crippen molar-refractivity contribution in [2.45, 2.75) is 81.8 Å². The molecule has 0 radical (unpaired) electrons. The van der Waals surface area contributed by atoms with Crippen molar-refractivity contribution in [3.05, 3.63) is 45.7 Å².